The van der Waals surface area contributed by atoms with Crippen LogP contribution in [0.2, 0.25) is 0 Å². The van der Waals surface area contributed by atoms with Crippen LogP contribution in [0.25, 0.3) is 10.9 Å². The molecule has 3 saturated heterocycles. The second kappa shape index (κ2) is 11.5. The first-order valence-corrected chi connectivity index (χ1v) is 15.5. The second-order valence-corrected chi connectivity index (χ2v) is 14.6. The van der Waals surface area contributed by atoms with Crippen LogP contribution < -0.4 is 4.74 Å². The van der Waals surface area contributed by atoms with Crippen LogP contribution in [-0.2, 0) is 22.1 Å². The first kappa shape index (κ1) is 30.3. The molecule has 0 N–H and O–H groups in total. The van der Waals surface area contributed by atoms with Gasteiger partial charge in [0.05, 0.1) is 25.7 Å². The third-order valence-corrected chi connectivity index (χ3v) is 9.83. The summed E-state index contributed by atoms with van der Waals surface area (Å²) in [6.07, 6.45) is 12.1. The predicted molar refractivity (Wildman–Crippen MR) is 174 cm³/mol. The number of fused-ring (bicyclic) bond motifs is 4. The lowest BCUT2D eigenvalue weighted by Gasteiger charge is -2.58. The van der Waals surface area contributed by atoms with E-state index in [1.165, 1.54) is 28.7 Å². The lowest BCUT2D eigenvalue weighted by molar-refractivity contribution is -0.985. The van der Waals surface area contributed by atoms with Gasteiger partial charge in [-0.15, -0.1) is 13.0 Å². The highest BCUT2D eigenvalue weighted by molar-refractivity contribution is 5.82. The molecule has 1 aromatic heterocycles. The summed E-state index contributed by atoms with van der Waals surface area (Å²) in [5, 5.41) is 1.15. The van der Waals surface area contributed by atoms with E-state index in [-0.39, 0.29) is 29.6 Å². The molecule has 222 valence electrons. The van der Waals surface area contributed by atoms with Crippen molar-refractivity contribution in [2.45, 2.75) is 83.9 Å². The molecular weight excluding hydrogens is 516 g/mol. The van der Waals surface area contributed by atoms with Gasteiger partial charge in [-0.1, -0.05) is 71.7 Å². The maximum Gasteiger partial charge on any atom is 0.136 e. The monoisotopic (exact) mass is 565 g/mol. The van der Waals surface area contributed by atoms with Crippen LogP contribution >= 0.6 is 0 Å². The third-order valence-electron chi connectivity index (χ3n) is 9.83. The van der Waals surface area contributed by atoms with E-state index in [0.29, 0.717) is 11.8 Å². The van der Waals surface area contributed by atoms with Crippen molar-refractivity contribution in [3.63, 3.8) is 0 Å². The van der Waals surface area contributed by atoms with Gasteiger partial charge in [-0.05, 0) is 46.6 Å². The molecule has 4 unspecified atom stereocenters. The number of ether oxygens (including phenoxy) is 2. The average molecular weight is 566 g/mol. The molecule has 4 nitrogen and oxygen atoms in total. The Bertz CT molecular complexity index is 1450. The quantitative estimate of drug-likeness (QED) is 0.157. The average Bonchev–Trinajstić information content (AvgIpc) is 2.96. The zero-order valence-corrected chi connectivity index (χ0v) is 26.7. The van der Waals surface area contributed by atoms with Crippen LogP contribution in [-0.4, -0.2) is 42.3 Å². The molecule has 4 heterocycles. The Kier molecular flexibility index (Phi) is 8.31. The van der Waals surface area contributed by atoms with Gasteiger partial charge in [-0.2, -0.15) is 0 Å². The van der Waals surface area contributed by atoms with Gasteiger partial charge in [0.1, 0.15) is 31.0 Å². The molecule has 0 amide bonds. The Morgan fingerprint density at radius 1 is 1.10 bits per heavy atom. The molecule has 0 radical (unpaired) electrons. The zero-order chi connectivity index (χ0) is 30.3. The number of para-hydroxylation sites is 1. The second-order valence-electron chi connectivity index (χ2n) is 14.6. The topological polar surface area (TPSA) is 31.4 Å². The van der Waals surface area contributed by atoms with Crippen molar-refractivity contribution in [1.29, 1.82) is 0 Å². The lowest BCUT2D eigenvalue weighted by Crippen LogP contribution is -2.67. The van der Waals surface area contributed by atoms with Gasteiger partial charge in [0.2, 0.25) is 0 Å². The van der Waals surface area contributed by atoms with Crippen LogP contribution in [0.5, 0.6) is 5.75 Å². The number of hydrogen-bond donors (Lipinski definition) is 0. The van der Waals surface area contributed by atoms with Crippen molar-refractivity contribution in [3.05, 3.63) is 83.6 Å². The molecule has 3 aliphatic rings. The van der Waals surface area contributed by atoms with E-state index >= 15 is 0 Å². The fourth-order valence-corrected chi connectivity index (χ4v) is 7.75. The predicted octanol–water partition coefficient (Wildman–Crippen LogP) is 8.14. The number of nitrogens with zero attached hydrogens (tertiary/aromatic N) is 2. The molecule has 2 bridgehead atoms. The van der Waals surface area contributed by atoms with Crippen molar-refractivity contribution in [3.8, 4) is 18.1 Å². The van der Waals surface area contributed by atoms with E-state index in [0.717, 1.165) is 47.2 Å². The summed E-state index contributed by atoms with van der Waals surface area (Å²) in [6, 6.07) is 15.7. The van der Waals surface area contributed by atoms with Crippen LogP contribution in [0.15, 0.2) is 61.3 Å². The zero-order valence-electron chi connectivity index (χ0n) is 26.7. The molecule has 4 heteroatoms. The largest absolute Gasteiger partial charge is 0.496 e. The van der Waals surface area contributed by atoms with Gasteiger partial charge in [0, 0.05) is 47.0 Å². The fourth-order valence-electron chi connectivity index (χ4n) is 7.75. The Morgan fingerprint density at radius 2 is 1.79 bits per heavy atom. The van der Waals surface area contributed by atoms with Crippen LogP contribution in [0, 0.1) is 24.2 Å². The summed E-state index contributed by atoms with van der Waals surface area (Å²) in [7, 11) is 1.81. The van der Waals surface area contributed by atoms with E-state index in [2.05, 4.69) is 108 Å². The van der Waals surface area contributed by atoms with Crippen LogP contribution in [0.3, 0.4) is 0 Å². The van der Waals surface area contributed by atoms with Gasteiger partial charge >= 0.3 is 0 Å². The normalized spacial score (nSPS) is 24.8. The first-order chi connectivity index (χ1) is 19.9. The van der Waals surface area contributed by atoms with E-state index in [1.54, 1.807) is 0 Å². The van der Waals surface area contributed by atoms with Crippen molar-refractivity contribution in [2.75, 3.05) is 26.8 Å². The highest BCUT2D eigenvalue weighted by Gasteiger charge is 2.54. The maximum absolute atomic E-state index is 6.68. The van der Waals surface area contributed by atoms with Crippen molar-refractivity contribution in [1.82, 2.24) is 4.98 Å². The molecule has 0 saturated carbocycles. The SMILES string of the molecule is C#CCO[C@@H](c1ccnc2ccccc12)C1CC2CC[N+]1(Cc1cc(C(C)(C)C)c(OC)c(C(C)(C)C)c1)CC2C=C. The number of terminal acetylenes is 1. The van der Waals surface area contributed by atoms with E-state index < -0.39 is 0 Å². The molecule has 42 heavy (non-hydrogen) atoms. The summed E-state index contributed by atoms with van der Waals surface area (Å²) in [5.41, 5.74) is 6.01. The van der Waals surface area contributed by atoms with Crippen LogP contribution in [0.1, 0.15) is 82.7 Å². The Morgan fingerprint density at radius 3 is 2.40 bits per heavy atom. The molecule has 3 aliphatic heterocycles. The fraction of sp³-hybridized carbons (Fsp3) is 0.500. The minimum atomic E-state index is -0.120. The number of rotatable bonds is 8. The Labute approximate surface area is 253 Å². The summed E-state index contributed by atoms with van der Waals surface area (Å²) in [4.78, 5) is 4.66. The summed E-state index contributed by atoms with van der Waals surface area (Å²) < 4.78 is 13.8. The summed E-state index contributed by atoms with van der Waals surface area (Å²) >= 11 is 0. The smallest absolute Gasteiger partial charge is 0.136 e. The van der Waals surface area contributed by atoms with Gasteiger partial charge in [0.25, 0.3) is 0 Å². The molecule has 5 atom stereocenters. The highest BCUT2D eigenvalue weighted by Crippen LogP contribution is 2.50. The molecule has 2 aromatic carbocycles. The van der Waals surface area contributed by atoms with Crippen LogP contribution in [0.4, 0.5) is 0 Å². The van der Waals surface area contributed by atoms with E-state index in [9.17, 15) is 0 Å². The lowest BCUT2D eigenvalue weighted by atomic mass is 9.70. The van der Waals surface area contributed by atoms with Gasteiger partial charge in [-0.3, -0.25) is 4.98 Å². The van der Waals surface area contributed by atoms with Crippen molar-refractivity contribution in [2.24, 2.45) is 11.8 Å². The summed E-state index contributed by atoms with van der Waals surface area (Å²) in [5.74, 6) is 4.90. The Balaban J connectivity index is 1.67. The number of benzene rings is 2. The van der Waals surface area contributed by atoms with Crippen molar-refractivity contribution >= 4 is 10.9 Å². The number of pyridine rings is 1. The highest BCUT2D eigenvalue weighted by atomic mass is 16.5. The molecule has 3 aromatic rings. The van der Waals surface area contributed by atoms with Gasteiger partial charge < -0.3 is 14.0 Å². The van der Waals surface area contributed by atoms with Gasteiger partial charge in [-0.25, -0.2) is 0 Å². The summed E-state index contributed by atoms with van der Waals surface area (Å²) in [6.45, 7) is 21.4. The van der Waals surface area contributed by atoms with E-state index in [4.69, 9.17) is 15.9 Å². The molecule has 0 aliphatic carbocycles. The maximum atomic E-state index is 6.68. The van der Waals surface area contributed by atoms with Crippen molar-refractivity contribution < 1.29 is 14.0 Å². The molecule has 3 fully saturated rings. The number of piperidine rings is 3. The number of methoxy groups -OCH3 is 1. The number of aromatic nitrogens is 1. The molecule has 6 rings (SSSR count). The molecule has 0 spiro atoms. The number of quaternary nitrogens is 1. The molecular formula is C38H49N2O2+. The first-order valence-electron chi connectivity index (χ1n) is 15.5. The minimum Gasteiger partial charge on any atom is -0.496 e. The number of hydrogen-bond acceptors (Lipinski definition) is 3. The van der Waals surface area contributed by atoms with Gasteiger partial charge in [0.15, 0.2) is 0 Å². The standard InChI is InChI=1S/C38H49N2O2/c1-10-20-42-35(30-16-18-39-33-15-13-12-14-29(30)33)34-23-28-17-19-40(34,25-27(28)11-2)24-26-21-31(37(3,4)5)36(41-9)32(22-26)38(6,7)8/h1,11-16,18,21-22,27-28,34-35H,2,17,19-20,23-25H2,3-9H3/q+1/t27?,28?,34?,35-,40?/m0/s1. The Hall–Kier alpha value is -3.13. The third kappa shape index (κ3) is 5.62. The minimum absolute atomic E-state index is 0.0479. The van der Waals surface area contributed by atoms with E-state index in [1.807, 2.05) is 13.3 Å².